The van der Waals surface area contributed by atoms with Gasteiger partial charge in [-0.3, -0.25) is 0 Å². The molecule has 0 amide bonds. The fraction of sp³-hybridized carbons (Fsp3) is 0.455. The summed E-state index contributed by atoms with van der Waals surface area (Å²) in [5.74, 6) is 1.91. The molecule has 0 bridgehead atoms. The number of nitrogens with two attached hydrogens (primary N) is 1. The van der Waals surface area contributed by atoms with Crippen molar-refractivity contribution in [3.05, 3.63) is 28.2 Å². The van der Waals surface area contributed by atoms with Crippen molar-refractivity contribution in [2.24, 2.45) is 5.73 Å². The van der Waals surface area contributed by atoms with Crippen LogP contribution in [0.25, 0.3) is 0 Å². The van der Waals surface area contributed by atoms with Crippen LogP contribution in [0.5, 0.6) is 0 Å². The Morgan fingerprint density at radius 3 is 3.14 bits per heavy atom. The number of benzene rings is 1. The van der Waals surface area contributed by atoms with Crippen LogP contribution in [-0.4, -0.2) is 12.3 Å². The fourth-order valence-corrected chi connectivity index (χ4v) is 3.68. The molecule has 0 aromatic heterocycles. The third-order valence-corrected chi connectivity index (χ3v) is 4.25. The third-order valence-electron chi connectivity index (χ3n) is 2.65. The van der Waals surface area contributed by atoms with Gasteiger partial charge in [0.05, 0.1) is 0 Å². The lowest BCUT2D eigenvalue weighted by atomic mass is 9.93. The predicted molar refractivity (Wildman–Crippen MR) is 65.9 cm³/mol. The zero-order valence-electron chi connectivity index (χ0n) is 8.00. The van der Waals surface area contributed by atoms with Gasteiger partial charge in [0.25, 0.3) is 0 Å². The highest BCUT2D eigenvalue weighted by molar-refractivity contribution is 9.10. The number of hydrogen-bond acceptors (Lipinski definition) is 2. The van der Waals surface area contributed by atoms with E-state index in [9.17, 15) is 0 Å². The average Bonchev–Trinajstić information content (AvgIpc) is 2.18. The van der Waals surface area contributed by atoms with Crippen molar-refractivity contribution in [1.29, 1.82) is 0 Å². The molecule has 1 aliphatic rings. The topological polar surface area (TPSA) is 26.0 Å². The Morgan fingerprint density at radius 2 is 2.36 bits per heavy atom. The van der Waals surface area contributed by atoms with Crippen molar-refractivity contribution in [2.45, 2.75) is 23.7 Å². The Hall–Kier alpha value is 0.01000. The summed E-state index contributed by atoms with van der Waals surface area (Å²) in [5.41, 5.74) is 7.13. The van der Waals surface area contributed by atoms with E-state index >= 15 is 0 Å². The second-order valence-corrected chi connectivity index (χ2v) is 5.65. The minimum absolute atomic E-state index is 0.685. The van der Waals surface area contributed by atoms with Crippen LogP contribution in [0, 0.1) is 0 Å². The van der Waals surface area contributed by atoms with Gasteiger partial charge < -0.3 is 5.73 Å². The van der Waals surface area contributed by atoms with Gasteiger partial charge in [0.2, 0.25) is 0 Å². The first kappa shape index (κ1) is 10.5. The van der Waals surface area contributed by atoms with Crippen molar-refractivity contribution < 1.29 is 0 Å². The fourth-order valence-electron chi connectivity index (χ4n) is 1.94. The zero-order valence-corrected chi connectivity index (χ0v) is 10.4. The molecular weight excluding hydrogens is 258 g/mol. The van der Waals surface area contributed by atoms with Gasteiger partial charge >= 0.3 is 0 Å². The van der Waals surface area contributed by atoms with E-state index in [2.05, 4.69) is 34.1 Å². The van der Waals surface area contributed by atoms with Crippen LogP contribution in [0.15, 0.2) is 27.6 Å². The Balaban J connectivity index is 2.30. The first-order valence-corrected chi connectivity index (χ1v) is 6.71. The molecule has 0 saturated heterocycles. The summed E-state index contributed by atoms with van der Waals surface area (Å²) >= 11 is 5.47. The second kappa shape index (κ2) is 4.69. The lowest BCUT2D eigenvalue weighted by molar-refractivity contribution is 0.602. The normalized spacial score (nSPS) is 20.6. The predicted octanol–water partition coefficient (Wildman–Crippen LogP) is 3.38. The highest BCUT2D eigenvalue weighted by Crippen LogP contribution is 2.40. The van der Waals surface area contributed by atoms with Crippen molar-refractivity contribution in [3.8, 4) is 0 Å². The van der Waals surface area contributed by atoms with Gasteiger partial charge in [-0.1, -0.05) is 22.0 Å². The van der Waals surface area contributed by atoms with Crippen LogP contribution >= 0.6 is 27.7 Å². The van der Waals surface area contributed by atoms with Crippen molar-refractivity contribution in [3.63, 3.8) is 0 Å². The molecule has 1 nitrogen and oxygen atoms in total. The van der Waals surface area contributed by atoms with E-state index in [4.69, 9.17) is 5.73 Å². The van der Waals surface area contributed by atoms with Gasteiger partial charge in [0, 0.05) is 9.37 Å². The second-order valence-electron chi connectivity index (χ2n) is 3.59. The van der Waals surface area contributed by atoms with E-state index in [0.29, 0.717) is 5.92 Å². The number of rotatable bonds is 2. The molecule has 1 heterocycles. The highest BCUT2D eigenvalue weighted by atomic mass is 79.9. The lowest BCUT2D eigenvalue weighted by Crippen LogP contribution is -2.12. The molecule has 1 aliphatic heterocycles. The highest BCUT2D eigenvalue weighted by Gasteiger charge is 2.19. The molecule has 76 valence electrons. The number of halogens is 1. The minimum atomic E-state index is 0.685. The van der Waals surface area contributed by atoms with Crippen molar-refractivity contribution in [2.75, 3.05) is 12.3 Å². The summed E-state index contributed by atoms with van der Waals surface area (Å²) in [6, 6.07) is 6.60. The van der Waals surface area contributed by atoms with Crippen molar-refractivity contribution >= 4 is 27.7 Å². The van der Waals surface area contributed by atoms with Crippen LogP contribution in [0.2, 0.25) is 0 Å². The zero-order chi connectivity index (χ0) is 9.97. The molecule has 0 radical (unpaired) electrons. The van der Waals surface area contributed by atoms with E-state index in [1.54, 1.807) is 0 Å². The van der Waals surface area contributed by atoms with Crippen molar-refractivity contribution in [1.82, 2.24) is 0 Å². The Bertz CT molecular complexity index is 327. The van der Waals surface area contributed by atoms with Crippen LogP contribution in [-0.2, 0) is 0 Å². The van der Waals surface area contributed by atoms with Gasteiger partial charge in [-0.05, 0) is 48.8 Å². The van der Waals surface area contributed by atoms with E-state index in [-0.39, 0.29) is 0 Å². The molecule has 14 heavy (non-hydrogen) atoms. The maximum Gasteiger partial charge on any atom is 0.0186 e. The first-order valence-electron chi connectivity index (χ1n) is 4.93. The molecule has 1 aromatic carbocycles. The van der Waals surface area contributed by atoms with Crippen LogP contribution in [0.3, 0.4) is 0 Å². The summed E-state index contributed by atoms with van der Waals surface area (Å²) in [6.07, 6.45) is 2.39. The average molecular weight is 272 g/mol. The van der Waals surface area contributed by atoms with Crippen LogP contribution in [0.4, 0.5) is 0 Å². The Kier molecular flexibility index (Phi) is 3.52. The molecule has 1 aromatic rings. The maximum absolute atomic E-state index is 5.63. The van der Waals surface area contributed by atoms with E-state index in [1.807, 2.05) is 11.8 Å². The molecule has 2 N–H and O–H groups in total. The SMILES string of the molecule is NCCC1CCSc2cc(Br)ccc21. The summed E-state index contributed by atoms with van der Waals surface area (Å²) < 4.78 is 1.18. The van der Waals surface area contributed by atoms with Crippen LogP contribution < -0.4 is 5.73 Å². The van der Waals surface area contributed by atoms with E-state index in [1.165, 1.54) is 27.1 Å². The third kappa shape index (κ3) is 2.15. The summed E-state index contributed by atoms with van der Waals surface area (Å²) in [7, 11) is 0. The van der Waals surface area contributed by atoms with Gasteiger partial charge in [-0.25, -0.2) is 0 Å². The molecule has 2 rings (SSSR count). The molecule has 0 saturated carbocycles. The van der Waals surface area contributed by atoms with E-state index in [0.717, 1.165) is 13.0 Å². The smallest absolute Gasteiger partial charge is 0.0186 e. The first-order chi connectivity index (χ1) is 6.81. The molecule has 3 heteroatoms. The van der Waals surface area contributed by atoms with Crippen LogP contribution in [0.1, 0.15) is 24.3 Å². The quantitative estimate of drug-likeness (QED) is 0.893. The van der Waals surface area contributed by atoms with Gasteiger partial charge in [-0.2, -0.15) is 0 Å². The van der Waals surface area contributed by atoms with Gasteiger partial charge in [-0.15, -0.1) is 11.8 Å². The molecule has 0 aliphatic carbocycles. The monoisotopic (exact) mass is 271 g/mol. The maximum atomic E-state index is 5.63. The Labute approximate surface area is 97.6 Å². The minimum Gasteiger partial charge on any atom is -0.330 e. The molecule has 1 unspecified atom stereocenters. The number of hydrogen-bond donors (Lipinski definition) is 1. The standard InChI is InChI=1S/C11H14BrNS/c12-9-1-2-10-8(3-5-13)4-6-14-11(10)7-9/h1-2,7-8H,3-6,13H2. The molecule has 0 fully saturated rings. The summed E-state index contributed by atoms with van der Waals surface area (Å²) in [4.78, 5) is 1.43. The number of fused-ring (bicyclic) bond motifs is 1. The molecular formula is C11H14BrNS. The Morgan fingerprint density at radius 1 is 1.50 bits per heavy atom. The van der Waals surface area contributed by atoms with Gasteiger partial charge in [0.1, 0.15) is 0 Å². The summed E-state index contributed by atoms with van der Waals surface area (Å²) in [6.45, 7) is 0.796. The molecule has 0 spiro atoms. The van der Waals surface area contributed by atoms with E-state index < -0.39 is 0 Å². The number of thioether (sulfide) groups is 1. The molecule has 1 atom stereocenters. The largest absolute Gasteiger partial charge is 0.330 e. The van der Waals surface area contributed by atoms with Gasteiger partial charge in [0.15, 0.2) is 0 Å². The summed E-state index contributed by atoms with van der Waals surface area (Å²) in [5, 5.41) is 0. The lowest BCUT2D eigenvalue weighted by Gasteiger charge is -2.24.